The fourth-order valence-corrected chi connectivity index (χ4v) is 14.0. The maximum Gasteiger partial charge on any atom is 0.261 e. The van der Waals surface area contributed by atoms with Gasteiger partial charge < -0.3 is 0 Å². The van der Waals surface area contributed by atoms with E-state index < -0.39 is 0 Å². The number of nitrogens with zero attached hydrogens (tertiary/aromatic N) is 2. The van der Waals surface area contributed by atoms with Crippen LogP contribution in [0.5, 0.6) is 0 Å². The third kappa shape index (κ3) is 9.89. The van der Waals surface area contributed by atoms with E-state index in [1.54, 1.807) is 0 Å². The molecule has 0 spiro atoms. The molecule has 400 valence electrons. The molecule has 4 amide bonds. The van der Waals surface area contributed by atoms with Crippen LogP contribution in [0.2, 0.25) is 0 Å². The van der Waals surface area contributed by atoms with Crippen molar-refractivity contribution in [3.8, 4) is 23.0 Å². The van der Waals surface area contributed by atoms with Gasteiger partial charge in [-0.25, -0.2) is 0 Å². The van der Waals surface area contributed by atoms with E-state index in [1.165, 1.54) is 109 Å². The van der Waals surface area contributed by atoms with Crippen LogP contribution in [-0.4, -0.2) is 46.5 Å². The number of carbonyl (C=O) groups excluding carboxylic acids is 4. The Morgan fingerprint density at radius 2 is 0.870 bits per heavy atom. The zero-order chi connectivity index (χ0) is 53.8. The maximum absolute atomic E-state index is 15.1. The molecule has 0 aromatic heterocycles. The van der Waals surface area contributed by atoms with Gasteiger partial charge in [-0.15, -0.1) is 0 Å². The quantitative estimate of drug-likeness (QED) is 0.0178. The molecular weight excluding hydrogens is 945 g/mol. The lowest BCUT2D eigenvalue weighted by Crippen LogP contribution is -2.43. The van der Waals surface area contributed by atoms with Crippen LogP contribution in [0.4, 0.5) is 0 Å². The van der Waals surface area contributed by atoms with Gasteiger partial charge in [-0.05, 0) is 118 Å². The van der Waals surface area contributed by atoms with Gasteiger partial charge in [0, 0.05) is 73.4 Å². The normalized spacial score (nSPS) is 15.3. The average molecular weight is 1030 g/mol. The summed E-state index contributed by atoms with van der Waals surface area (Å²) in [7, 11) is 0. The van der Waals surface area contributed by atoms with Gasteiger partial charge in [-0.2, -0.15) is 0 Å². The number of imide groups is 2. The molecule has 0 N–H and O–H groups in total. The van der Waals surface area contributed by atoms with Gasteiger partial charge in [0.25, 0.3) is 23.6 Å². The van der Waals surface area contributed by atoms with E-state index >= 15 is 4.79 Å². The predicted octanol–water partition coefficient (Wildman–Crippen LogP) is 18.5. The van der Waals surface area contributed by atoms with Crippen molar-refractivity contribution in [3.63, 3.8) is 0 Å². The monoisotopic (exact) mass is 1030 g/mol. The van der Waals surface area contributed by atoms with E-state index in [1.807, 2.05) is 42.5 Å². The van der Waals surface area contributed by atoms with Gasteiger partial charge in [0.05, 0.1) is 0 Å². The first-order valence-electron chi connectivity index (χ1n) is 30.4. The Kier molecular flexibility index (Phi) is 16.7. The highest BCUT2D eigenvalue weighted by molar-refractivity contribution is 6.42. The van der Waals surface area contributed by atoms with E-state index in [0.29, 0.717) is 51.7 Å². The van der Waals surface area contributed by atoms with E-state index in [-0.39, 0.29) is 40.9 Å². The van der Waals surface area contributed by atoms with E-state index in [2.05, 4.69) is 95.8 Å². The molecular formula is C71H82N2O4. The van der Waals surface area contributed by atoms with Gasteiger partial charge in [0.1, 0.15) is 0 Å². The Bertz CT molecular complexity index is 3380. The summed E-state index contributed by atoms with van der Waals surface area (Å²) in [5.41, 5.74) is 9.13. The largest absolute Gasteiger partial charge is 0.274 e. The topological polar surface area (TPSA) is 74.8 Å². The lowest BCUT2D eigenvalue weighted by molar-refractivity contribution is 0.0565. The molecule has 2 atom stereocenters. The minimum Gasteiger partial charge on any atom is -0.274 e. The highest BCUT2D eigenvalue weighted by Crippen LogP contribution is 2.55. The van der Waals surface area contributed by atoms with Crippen molar-refractivity contribution in [3.05, 3.63) is 129 Å². The van der Waals surface area contributed by atoms with E-state index in [9.17, 15) is 14.4 Å². The zero-order valence-electron chi connectivity index (χ0n) is 47.2. The first kappa shape index (κ1) is 54.1. The smallest absolute Gasteiger partial charge is 0.261 e. The standard InChI is InChI=1S/C71H82N2O4/c1-7-13-17-19-21-25-41-71(42-26-22-20-18-14-8-2)60-30-24-23-29-51(60)52-34-32-49(43-61(52)71)31-33-50-44-59-65-58(69(76)73(70(59)77)46-48(12-6)28-16-10-4)39-36-54-53-35-38-56-64-57(40-37-55(63(53)64)62(50)66(54)65)68(75)72(67(56)74)45-47(11-5)27-15-9-3/h23-24,29-30,32,34-40,43-44,47-48H,7-22,25-28,41-42,45-46H2,1-6H3. The molecule has 2 aliphatic heterocycles. The lowest BCUT2D eigenvalue weighted by Gasteiger charge is -2.33. The number of fused-ring (bicyclic) bond motifs is 5. The molecule has 0 saturated heterocycles. The van der Waals surface area contributed by atoms with E-state index in [0.717, 1.165) is 102 Å². The number of benzene rings is 7. The van der Waals surface area contributed by atoms with Crippen LogP contribution in [0.25, 0.3) is 54.2 Å². The van der Waals surface area contributed by atoms with Crippen LogP contribution in [0.15, 0.2) is 84.9 Å². The van der Waals surface area contributed by atoms with Crippen molar-refractivity contribution in [2.75, 3.05) is 13.1 Å². The van der Waals surface area contributed by atoms with Crippen molar-refractivity contribution in [2.24, 2.45) is 11.8 Å². The van der Waals surface area contributed by atoms with Crippen molar-refractivity contribution in [2.45, 2.75) is 188 Å². The summed E-state index contributed by atoms with van der Waals surface area (Å²) in [4.78, 5) is 62.2. The number of rotatable bonds is 26. The summed E-state index contributed by atoms with van der Waals surface area (Å²) in [5, 5.41) is 6.48. The van der Waals surface area contributed by atoms with Crippen molar-refractivity contribution < 1.29 is 19.2 Å². The molecule has 3 aliphatic rings. The molecule has 2 unspecified atom stereocenters. The first-order chi connectivity index (χ1) is 37.6. The number of carbonyl (C=O) groups is 4. The fourth-order valence-electron chi connectivity index (χ4n) is 14.0. The number of hydrogen-bond acceptors (Lipinski definition) is 4. The molecule has 0 radical (unpaired) electrons. The van der Waals surface area contributed by atoms with Crippen LogP contribution in [0.3, 0.4) is 0 Å². The SMILES string of the molecule is CCCCCCCCC1(CCCCCCCC)c2ccccc2-c2ccc(C#Cc3cc4c5c(ccc6c7ccc8c9c(ccc(c3c56)c97)C(=O)N(CC(CC)CCCC)C8=O)C(=O)N(CC(CC)CCCC)C4=O)cc21. The van der Waals surface area contributed by atoms with Gasteiger partial charge >= 0.3 is 0 Å². The molecule has 0 fully saturated rings. The van der Waals surface area contributed by atoms with E-state index in [4.69, 9.17) is 0 Å². The molecule has 0 saturated carbocycles. The van der Waals surface area contributed by atoms with Gasteiger partial charge in [0.2, 0.25) is 0 Å². The third-order valence-electron chi connectivity index (χ3n) is 18.4. The van der Waals surface area contributed by atoms with Crippen LogP contribution < -0.4 is 0 Å². The Morgan fingerprint density at radius 3 is 1.43 bits per heavy atom. The summed E-state index contributed by atoms with van der Waals surface area (Å²) >= 11 is 0. The minimum atomic E-state index is -0.273. The van der Waals surface area contributed by atoms with Crippen molar-refractivity contribution in [1.29, 1.82) is 0 Å². The summed E-state index contributed by atoms with van der Waals surface area (Å²) < 4.78 is 0. The van der Waals surface area contributed by atoms with Crippen molar-refractivity contribution in [1.82, 2.24) is 9.80 Å². The lowest BCUT2D eigenvalue weighted by atomic mass is 9.70. The molecule has 7 aromatic carbocycles. The molecule has 77 heavy (non-hydrogen) atoms. The Morgan fingerprint density at radius 1 is 0.403 bits per heavy atom. The predicted molar refractivity (Wildman–Crippen MR) is 320 cm³/mol. The molecule has 1 aliphatic carbocycles. The fraction of sp³-hybridized carbons (Fsp3) is 0.465. The molecule has 6 heteroatoms. The third-order valence-corrected chi connectivity index (χ3v) is 18.4. The second-order valence-corrected chi connectivity index (χ2v) is 23.3. The number of amides is 4. The summed E-state index contributed by atoms with van der Waals surface area (Å²) in [5.74, 6) is 6.83. The highest BCUT2D eigenvalue weighted by atomic mass is 16.2. The van der Waals surface area contributed by atoms with Gasteiger partial charge in [-0.3, -0.25) is 29.0 Å². The molecule has 10 rings (SSSR count). The van der Waals surface area contributed by atoms with Gasteiger partial charge in [-0.1, -0.05) is 217 Å². The van der Waals surface area contributed by atoms with Crippen LogP contribution in [0.1, 0.15) is 246 Å². The van der Waals surface area contributed by atoms with Gasteiger partial charge in [0.15, 0.2) is 0 Å². The number of hydrogen-bond donors (Lipinski definition) is 0. The number of unbranched alkanes of at least 4 members (excludes halogenated alkanes) is 12. The zero-order valence-corrected chi connectivity index (χ0v) is 47.2. The van der Waals surface area contributed by atoms with Crippen molar-refractivity contribution >= 4 is 66.7 Å². The molecule has 2 heterocycles. The Hall–Kier alpha value is -6.32. The van der Waals surface area contributed by atoms with Crippen LogP contribution in [0, 0.1) is 23.7 Å². The average Bonchev–Trinajstić information content (AvgIpc) is 3.89. The Balaban J connectivity index is 1.15. The van der Waals surface area contributed by atoms with Crippen LogP contribution >= 0.6 is 0 Å². The summed E-state index contributed by atoms with van der Waals surface area (Å²) in [6.45, 7) is 14.0. The molecule has 0 bridgehead atoms. The highest BCUT2D eigenvalue weighted by Gasteiger charge is 2.43. The minimum absolute atomic E-state index is 0.101. The summed E-state index contributed by atoms with van der Waals surface area (Å²) in [6.07, 6.45) is 25.2. The summed E-state index contributed by atoms with van der Waals surface area (Å²) in [6, 6.07) is 29.7. The Labute approximate surface area is 459 Å². The maximum atomic E-state index is 15.1. The van der Waals surface area contributed by atoms with Crippen LogP contribution in [-0.2, 0) is 5.41 Å². The second-order valence-electron chi connectivity index (χ2n) is 23.3. The second kappa shape index (κ2) is 23.7. The molecule has 7 aromatic rings. The molecule has 6 nitrogen and oxygen atoms in total. The first-order valence-corrected chi connectivity index (χ1v) is 30.4.